The van der Waals surface area contributed by atoms with Gasteiger partial charge in [-0.3, -0.25) is 27.7 Å². The van der Waals surface area contributed by atoms with Crippen molar-refractivity contribution in [1.29, 1.82) is 0 Å². The fourth-order valence-corrected chi connectivity index (χ4v) is 9.62. The lowest BCUT2D eigenvalue weighted by molar-refractivity contribution is -0.213. The number of hydrogen-bond donors (Lipinski definition) is 8. The molecule has 22 heteroatoms. The van der Waals surface area contributed by atoms with Crippen LogP contribution in [-0.2, 0) is 50.9 Å². The number of hydrogen-bond acceptors (Lipinski definition) is 14. The van der Waals surface area contributed by atoms with Gasteiger partial charge in [-0.2, -0.15) is 0 Å². The molecule has 0 spiro atoms. The summed E-state index contributed by atoms with van der Waals surface area (Å²) >= 11 is 0. The van der Waals surface area contributed by atoms with Crippen LogP contribution in [0.15, 0.2) is 24.3 Å². The monoisotopic (exact) mass is 1020 g/mol. The van der Waals surface area contributed by atoms with Crippen molar-refractivity contribution in [1.82, 2.24) is 0 Å². The number of unbranched alkanes of at least 4 members (excludes halogenated alkanes) is 22. The number of allylic oxidation sites excluding steroid dienone is 4. The van der Waals surface area contributed by atoms with Crippen molar-refractivity contribution in [3.8, 4) is 0 Å². The fraction of sp³-hybridized carbons (Fsp3) is 0.867. The first-order valence-corrected chi connectivity index (χ1v) is 29.2. The molecular formula is C45H85O19P3. The number of phosphoric acid groups is 3. The third kappa shape index (κ3) is 33.8. The SMILES string of the molecule is CCCCCCCC/C=C/CCCCCCCC(=O)OCC(COP(=O)(O)OC1C(O)C(OP(=O)(O)O)C(O)C(OP(=O)(O)O)C1O)OC(=O)CCCCCCC/C=C/CCCCCCCC. The number of aliphatic hydroxyl groups excluding tert-OH is 3. The molecule has 0 bridgehead atoms. The maximum atomic E-state index is 13.1. The predicted octanol–water partition coefficient (Wildman–Crippen LogP) is 9.07. The summed E-state index contributed by atoms with van der Waals surface area (Å²) in [4.78, 5) is 73.3. The van der Waals surface area contributed by atoms with Gasteiger partial charge in [0.2, 0.25) is 0 Å². The molecule has 1 rings (SSSR count). The van der Waals surface area contributed by atoms with Crippen molar-refractivity contribution in [2.45, 2.75) is 236 Å². The highest BCUT2D eigenvalue weighted by molar-refractivity contribution is 7.47. The highest BCUT2D eigenvalue weighted by atomic mass is 31.2. The Hall–Kier alpha value is -1.37. The second kappa shape index (κ2) is 37.4. The normalized spacial score (nSPS) is 21.8. The van der Waals surface area contributed by atoms with Crippen LogP contribution in [0.1, 0.15) is 194 Å². The van der Waals surface area contributed by atoms with Crippen molar-refractivity contribution in [3.05, 3.63) is 24.3 Å². The van der Waals surface area contributed by atoms with E-state index in [9.17, 15) is 63.1 Å². The molecule has 1 aliphatic rings. The Balaban J connectivity index is 2.74. The minimum Gasteiger partial charge on any atom is -0.462 e. The molecule has 1 saturated carbocycles. The molecule has 0 saturated heterocycles. The maximum Gasteiger partial charge on any atom is 0.472 e. The van der Waals surface area contributed by atoms with E-state index in [-0.39, 0.29) is 12.8 Å². The lowest BCUT2D eigenvalue weighted by Crippen LogP contribution is -2.65. The molecule has 0 aromatic carbocycles. The smallest absolute Gasteiger partial charge is 0.462 e. The van der Waals surface area contributed by atoms with Gasteiger partial charge in [0.1, 0.15) is 43.2 Å². The van der Waals surface area contributed by atoms with Crippen LogP contribution < -0.4 is 0 Å². The van der Waals surface area contributed by atoms with Crippen molar-refractivity contribution in [2.75, 3.05) is 13.2 Å². The summed E-state index contributed by atoms with van der Waals surface area (Å²) in [5, 5.41) is 31.9. The summed E-state index contributed by atoms with van der Waals surface area (Å²) in [5.74, 6) is -1.33. The Kier molecular flexibility index (Phi) is 35.5. The van der Waals surface area contributed by atoms with Crippen LogP contribution >= 0.6 is 23.5 Å². The number of carbonyl (C=O) groups excluding carboxylic acids is 2. The number of esters is 2. The summed E-state index contributed by atoms with van der Waals surface area (Å²) < 4.78 is 65.6. The Labute approximate surface area is 398 Å². The average molecular weight is 1020 g/mol. The molecule has 394 valence electrons. The minimum atomic E-state index is -5.55. The van der Waals surface area contributed by atoms with Crippen LogP contribution in [0.4, 0.5) is 0 Å². The van der Waals surface area contributed by atoms with Gasteiger partial charge in [0, 0.05) is 12.8 Å². The summed E-state index contributed by atoms with van der Waals surface area (Å²) in [6.45, 7) is 2.90. The van der Waals surface area contributed by atoms with Gasteiger partial charge < -0.3 is 49.3 Å². The van der Waals surface area contributed by atoms with Gasteiger partial charge in [-0.1, -0.05) is 141 Å². The van der Waals surface area contributed by atoms with Gasteiger partial charge in [0.05, 0.1) is 6.61 Å². The van der Waals surface area contributed by atoms with E-state index in [1.54, 1.807) is 0 Å². The molecule has 1 fully saturated rings. The quantitative estimate of drug-likeness (QED) is 0.0122. The Bertz CT molecular complexity index is 1470. The molecule has 6 atom stereocenters. The van der Waals surface area contributed by atoms with E-state index < -0.39 is 91.3 Å². The first-order valence-electron chi connectivity index (χ1n) is 24.6. The molecule has 8 N–H and O–H groups in total. The van der Waals surface area contributed by atoms with E-state index in [1.807, 2.05) is 0 Å². The number of rotatable bonds is 42. The fourth-order valence-electron chi connectivity index (χ4n) is 7.52. The van der Waals surface area contributed by atoms with Crippen molar-refractivity contribution >= 4 is 35.4 Å². The molecule has 0 heterocycles. The molecule has 1 aliphatic carbocycles. The van der Waals surface area contributed by atoms with Crippen molar-refractivity contribution in [2.24, 2.45) is 0 Å². The molecule has 0 amide bonds. The highest BCUT2D eigenvalue weighted by Crippen LogP contribution is 2.51. The molecule has 6 unspecified atom stereocenters. The largest absolute Gasteiger partial charge is 0.472 e. The van der Waals surface area contributed by atoms with E-state index in [0.717, 1.165) is 77.0 Å². The van der Waals surface area contributed by atoms with Gasteiger partial charge in [-0.15, -0.1) is 0 Å². The van der Waals surface area contributed by atoms with Gasteiger partial charge in [-0.05, 0) is 64.2 Å². The summed E-state index contributed by atoms with van der Waals surface area (Å²) in [6.07, 6.45) is 20.4. The third-order valence-electron chi connectivity index (χ3n) is 11.2. The summed E-state index contributed by atoms with van der Waals surface area (Å²) in [7, 11) is -16.6. The minimum absolute atomic E-state index is 0.0183. The number of carbonyl (C=O) groups is 2. The standard InChI is InChI=1S/C45H85O19P3/c1-3-5-7-9-11-13-15-17-19-21-23-25-27-29-31-33-38(46)59-35-37(61-39(47)34-32-30-28-26-24-22-20-18-16-14-12-10-8-6-4-2)36-60-67(57,58)64-45-41(49)43(62-65(51,52)53)40(48)44(42(45)50)63-66(54,55)56/h17-20,37,40-45,48-50H,3-16,21-36H2,1-2H3,(H,57,58)(H2,51,52,53)(H2,54,55,56)/b19-17+,20-18+. The van der Waals surface area contributed by atoms with E-state index in [2.05, 4.69) is 47.2 Å². The maximum absolute atomic E-state index is 13.1. The molecule has 0 radical (unpaired) electrons. The third-order valence-corrected chi connectivity index (χ3v) is 13.3. The van der Waals surface area contributed by atoms with Crippen molar-refractivity contribution in [3.63, 3.8) is 0 Å². The summed E-state index contributed by atoms with van der Waals surface area (Å²) in [5.41, 5.74) is 0. The lowest BCUT2D eigenvalue weighted by Gasteiger charge is -2.44. The molecule has 19 nitrogen and oxygen atoms in total. The van der Waals surface area contributed by atoms with Gasteiger partial charge >= 0.3 is 35.4 Å². The Morgan fingerprint density at radius 3 is 1.16 bits per heavy atom. The van der Waals surface area contributed by atoms with Crippen LogP contribution in [-0.4, -0.2) is 108 Å². The average Bonchev–Trinajstić information content (AvgIpc) is 3.25. The van der Waals surface area contributed by atoms with Crippen LogP contribution in [0.5, 0.6) is 0 Å². The van der Waals surface area contributed by atoms with Crippen LogP contribution in [0.25, 0.3) is 0 Å². The van der Waals surface area contributed by atoms with Crippen LogP contribution in [0.3, 0.4) is 0 Å². The summed E-state index contributed by atoms with van der Waals surface area (Å²) in [6, 6.07) is 0. The van der Waals surface area contributed by atoms with Gasteiger partial charge in [0.25, 0.3) is 0 Å². The Morgan fingerprint density at radius 1 is 0.463 bits per heavy atom. The molecule has 0 aliphatic heterocycles. The first-order chi connectivity index (χ1) is 31.8. The first kappa shape index (κ1) is 63.6. The number of phosphoric ester groups is 3. The van der Waals surface area contributed by atoms with E-state index in [4.69, 9.17) is 18.5 Å². The second-order valence-corrected chi connectivity index (χ2v) is 21.2. The zero-order chi connectivity index (χ0) is 50.0. The Morgan fingerprint density at radius 2 is 0.791 bits per heavy atom. The van der Waals surface area contributed by atoms with E-state index in [1.165, 1.54) is 77.0 Å². The molecular weight excluding hydrogens is 937 g/mol. The molecule has 0 aromatic rings. The van der Waals surface area contributed by atoms with Gasteiger partial charge in [-0.25, -0.2) is 13.7 Å². The number of aliphatic hydroxyl groups is 3. The lowest BCUT2D eigenvalue weighted by atomic mass is 9.85. The zero-order valence-corrected chi connectivity index (χ0v) is 42.7. The number of ether oxygens (including phenoxy) is 2. The zero-order valence-electron chi connectivity index (χ0n) is 40.0. The van der Waals surface area contributed by atoms with Crippen molar-refractivity contribution < 1.29 is 90.6 Å². The topological polar surface area (TPSA) is 303 Å². The molecule has 0 aromatic heterocycles. The van der Waals surface area contributed by atoms with Gasteiger partial charge in [0.15, 0.2) is 6.10 Å². The van der Waals surface area contributed by atoms with Crippen LogP contribution in [0.2, 0.25) is 0 Å². The van der Waals surface area contributed by atoms with E-state index in [0.29, 0.717) is 12.8 Å². The molecule has 67 heavy (non-hydrogen) atoms. The highest BCUT2D eigenvalue weighted by Gasteiger charge is 2.56. The second-order valence-electron chi connectivity index (χ2n) is 17.4. The van der Waals surface area contributed by atoms with E-state index >= 15 is 0 Å². The van der Waals surface area contributed by atoms with Crippen LogP contribution in [0, 0.1) is 0 Å². The predicted molar refractivity (Wildman–Crippen MR) is 252 cm³/mol.